The van der Waals surface area contributed by atoms with E-state index < -0.39 is 10.0 Å². The summed E-state index contributed by atoms with van der Waals surface area (Å²) in [7, 11) is -3.69. The van der Waals surface area contributed by atoms with Gasteiger partial charge in [0.2, 0.25) is 5.03 Å². The van der Waals surface area contributed by atoms with Crippen molar-refractivity contribution in [2.75, 3.05) is 6.54 Å². The van der Waals surface area contributed by atoms with E-state index in [1.807, 2.05) is 0 Å². The molecule has 0 saturated heterocycles. The number of nitrogens with one attached hydrogen (secondary N) is 1. The normalized spacial score (nSPS) is 11.9. The second kappa shape index (κ2) is 5.80. The average molecular weight is 350 g/mol. The molecule has 0 aliphatic carbocycles. The van der Waals surface area contributed by atoms with Gasteiger partial charge in [-0.1, -0.05) is 12.1 Å². The van der Waals surface area contributed by atoms with Crippen LogP contribution in [0.1, 0.15) is 12.6 Å². The Hall–Kier alpha value is -1.26. The smallest absolute Gasteiger partial charge is 0.263 e. The number of halogens is 1. The van der Waals surface area contributed by atoms with E-state index in [9.17, 15) is 8.42 Å². The Kier molecular flexibility index (Phi) is 4.32. The molecule has 0 radical (unpaired) electrons. The molecule has 0 aromatic carbocycles. The van der Waals surface area contributed by atoms with Crippen LogP contribution in [0.15, 0.2) is 26.5 Å². The van der Waals surface area contributed by atoms with Gasteiger partial charge in [0.1, 0.15) is 5.69 Å². The Morgan fingerprint density at radius 3 is 2.89 bits per heavy atom. The highest BCUT2D eigenvalue weighted by molar-refractivity contribution is 9.10. The van der Waals surface area contributed by atoms with Crippen LogP contribution in [-0.4, -0.2) is 35.1 Å². The molecule has 2 rings (SSSR count). The third-order valence-corrected chi connectivity index (χ3v) is 4.16. The monoisotopic (exact) mass is 349 g/mol. The van der Waals surface area contributed by atoms with Crippen LogP contribution in [0, 0.1) is 0 Å². The maximum atomic E-state index is 12.0. The second-order valence-electron chi connectivity index (χ2n) is 3.69. The van der Waals surface area contributed by atoms with E-state index in [2.05, 4.69) is 40.7 Å². The van der Waals surface area contributed by atoms with E-state index in [4.69, 9.17) is 0 Å². The zero-order chi connectivity index (χ0) is 13.9. The van der Waals surface area contributed by atoms with Crippen LogP contribution in [0.4, 0.5) is 0 Å². The zero-order valence-electron chi connectivity index (χ0n) is 10.1. The minimum Gasteiger partial charge on any atom is -0.270 e. The van der Waals surface area contributed by atoms with Crippen LogP contribution in [0.2, 0.25) is 0 Å². The molecular weight excluding hydrogens is 338 g/mol. The fourth-order valence-electron chi connectivity index (χ4n) is 1.44. The molecule has 2 heterocycles. The molecule has 19 heavy (non-hydrogen) atoms. The number of nitrogens with zero attached hydrogens (tertiary/aromatic N) is 4. The van der Waals surface area contributed by atoms with Crippen molar-refractivity contribution in [2.45, 2.75) is 24.9 Å². The highest BCUT2D eigenvalue weighted by Crippen LogP contribution is 2.10. The molecule has 0 spiro atoms. The Balaban J connectivity index is 1.98. The molecule has 8 nitrogen and oxygen atoms in total. The molecule has 104 valence electrons. The first-order valence-corrected chi connectivity index (χ1v) is 7.79. The number of aryl methyl sites for hydroxylation is 1. The highest BCUT2D eigenvalue weighted by atomic mass is 79.9. The maximum Gasteiger partial charge on any atom is 0.263 e. The van der Waals surface area contributed by atoms with Crippen molar-refractivity contribution >= 4 is 26.0 Å². The summed E-state index contributed by atoms with van der Waals surface area (Å²) in [5.41, 5.74) is 0.314. The topological polar surface area (TPSA) is 103 Å². The van der Waals surface area contributed by atoms with Gasteiger partial charge in [0.15, 0.2) is 0 Å². The summed E-state index contributed by atoms with van der Waals surface area (Å²) in [5.74, 6) is 0. The number of sulfonamides is 1. The molecule has 0 unspecified atom stereocenters. The Bertz CT molecular complexity index is 650. The molecule has 0 saturated carbocycles. The third kappa shape index (κ3) is 3.39. The van der Waals surface area contributed by atoms with Gasteiger partial charge in [-0.15, -0.1) is 0 Å². The van der Waals surface area contributed by atoms with Crippen molar-refractivity contribution in [3.8, 4) is 0 Å². The molecule has 0 fully saturated rings. The van der Waals surface area contributed by atoms with Crippen LogP contribution < -0.4 is 4.72 Å². The van der Waals surface area contributed by atoms with Crippen molar-refractivity contribution < 1.29 is 13.0 Å². The van der Waals surface area contributed by atoms with Gasteiger partial charge >= 0.3 is 0 Å². The predicted molar refractivity (Wildman–Crippen MR) is 68.8 cm³/mol. The minimum atomic E-state index is -3.69. The summed E-state index contributed by atoms with van der Waals surface area (Å²) in [4.78, 5) is 0. The molecule has 0 amide bonds. The number of hydrogen-bond donors (Lipinski definition) is 1. The predicted octanol–water partition coefficient (Wildman–Crippen LogP) is 0.569. The first-order valence-electron chi connectivity index (χ1n) is 5.52. The first-order chi connectivity index (χ1) is 9.03. The lowest BCUT2D eigenvalue weighted by molar-refractivity contribution is 0.295. The van der Waals surface area contributed by atoms with Gasteiger partial charge < -0.3 is 0 Å². The summed E-state index contributed by atoms with van der Waals surface area (Å²) in [6, 6.07) is 0. The van der Waals surface area contributed by atoms with Crippen LogP contribution in [-0.2, 0) is 23.0 Å². The second-order valence-corrected chi connectivity index (χ2v) is 6.29. The lowest BCUT2D eigenvalue weighted by Crippen LogP contribution is -2.28. The van der Waals surface area contributed by atoms with Gasteiger partial charge in [-0.3, -0.25) is 4.68 Å². The van der Waals surface area contributed by atoms with E-state index in [1.165, 1.54) is 0 Å². The van der Waals surface area contributed by atoms with Crippen LogP contribution in [0.3, 0.4) is 0 Å². The van der Waals surface area contributed by atoms with Crippen LogP contribution >= 0.6 is 15.9 Å². The van der Waals surface area contributed by atoms with Crippen LogP contribution in [0.5, 0.6) is 0 Å². The Morgan fingerprint density at radius 2 is 2.26 bits per heavy atom. The van der Waals surface area contributed by atoms with E-state index >= 15 is 0 Å². The van der Waals surface area contributed by atoms with Crippen LogP contribution in [0.25, 0.3) is 0 Å². The summed E-state index contributed by atoms with van der Waals surface area (Å²) < 4.78 is 33.2. The maximum absolute atomic E-state index is 12.0. The minimum absolute atomic E-state index is 0.156. The van der Waals surface area contributed by atoms with Crippen molar-refractivity contribution in [1.29, 1.82) is 0 Å². The fraction of sp³-hybridized carbons (Fsp3) is 0.444. The molecule has 0 aliphatic heterocycles. The zero-order valence-corrected chi connectivity index (χ0v) is 12.5. The molecular formula is C9H12BrN5O3S. The molecule has 1 N–H and O–H groups in total. The van der Waals surface area contributed by atoms with Gasteiger partial charge in [-0.25, -0.2) is 17.8 Å². The lowest BCUT2D eigenvalue weighted by Gasteiger charge is -2.04. The van der Waals surface area contributed by atoms with Gasteiger partial charge in [-0.05, 0) is 27.5 Å². The quantitative estimate of drug-likeness (QED) is 0.817. The SMILES string of the molecule is CCc1nonc1S(=O)(=O)NCCn1cc(Br)cn1. The van der Waals surface area contributed by atoms with E-state index in [0.29, 0.717) is 18.7 Å². The van der Waals surface area contributed by atoms with Gasteiger partial charge in [0.05, 0.1) is 17.2 Å². The highest BCUT2D eigenvalue weighted by Gasteiger charge is 2.23. The molecule has 0 bridgehead atoms. The van der Waals surface area contributed by atoms with Crippen molar-refractivity contribution in [1.82, 2.24) is 24.8 Å². The number of rotatable bonds is 6. The van der Waals surface area contributed by atoms with E-state index in [-0.39, 0.29) is 11.6 Å². The average Bonchev–Trinajstić information content (AvgIpc) is 2.97. The van der Waals surface area contributed by atoms with Crippen molar-refractivity contribution in [3.05, 3.63) is 22.6 Å². The summed E-state index contributed by atoms with van der Waals surface area (Å²) >= 11 is 3.26. The fourth-order valence-corrected chi connectivity index (χ4v) is 2.89. The van der Waals surface area contributed by atoms with Gasteiger partial charge in [0, 0.05) is 12.7 Å². The Labute approximate surface area is 118 Å². The van der Waals surface area contributed by atoms with Crippen molar-refractivity contribution in [2.24, 2.45) is 0 Å². The van der Waals surface area contributed by atoms with E-state index in [1.54, 1.807) is 24.0 Å². The Morgan fingerprint density at radius 1 is 1.47 bits per heavy atom. The molecule has 2 aromatic rings. The number of hydrogen-bond acceptors (Lipinski definition) is 6. The lowest BCUT2D eigenvalue weighted by atomic mass is 10.4. The largest absolute Gasteiger partial charge is 0.270 e. The van der Waals surface area contributed by atoms with Gasteiger partial charge in [0.25, 0.3) is 10.0 Å². The van der Waals surface area contributed by atoms with Crippen molar-refractivity contribution in [3.63, 3.8) is 0 Å². The molecule has 0 aliphatic rings. The molecule has 10 heteroatoms. The van der Waals surface area contributed by atoms with Gasteiger partial charge in [-0.2, -0.15) is 5.10 Å². The third-order valence-electron chi connectivity index (χ3n) is 2.35. The van der Waals surface area contributed by atoms with E-state index in [0.717, 1.165) is 4.47 Å². The molecule has 2 aromatic heterocycles. The summed E-state index contributed by atoms with van der Waals surface area (Å²) in [6.07, 6.45) is 3.82. The summed E-state index contributed by atoms with van der Waals surface area (Å²) in [6.45, 7) is 2.39. The summed E-state index contributed by atoms with van der Waals surface area (Å²) in [5, 5.41) is 10.8. The molecule has 0 atom stereocenters. The number of aromatic nitrogens is 4. The standard InChI is InChI=1S/C9H12BrN5O3S/c1-2-8-9(14-18-13-8)19(16,17)12-3-4-15-6-7(10)5-11-15/h5-6,12H,2-4H2,1H3. The first kappa shape index (κ1) is 14.2.